The number of anilines is 1. The van der Waals surface area contributed by atoms with Crippen LogP contribution in [0.15, 0.2) is 28.7 Å². The van der Waals surface area contributed by atoms with Crippen LogP contribution in [0.2, 0.25) is 0 Å². The lowest BCUT2D eigenvalue weighted by Gasteiger charge is -2.22. The Balaban J connectivity index is 1.44. The van der Waals surface area contributed by atoms with E-state index >= 15 is 0 Å². The molecular weight excluding hydrogens is 300 g/mol. The second-order valence-corrected chi connectivity index (χ2v) is 6.91. The predicted molar refractivity (Wildman–Crippen MR) is 84.5 cm³/mol. The van der Waals surface area contributed by atoms with E-state index in [1.54, 1.807) is 0 Å². The molecular formula is C16H23BrN2. The third kappa shape index (κ3) is 4.50. The predicted octanol–water partition coefficient (Wildman–Crippen LogP) is 3.98. The van der Waals surface area contributed by atoms with E-state index in [0.29, 0.717) is 0 Å². The zero-order valence-corrected chi connectivity index (χ0v) is 13.0. The molecule has 0 radical (unpaired) electrons. The fourth-order valence-corrected chi connectivity index (χ4v) is 2.97. The highest BCUT2D eigenvalue weighted by molar-refractivity contribution is 9.10. The van der Waals surface area contributed by atoms with Gasteiger partial charge < -0.3 is 10.2 Å². The molecule has 0 heterocycles. The van der Waals surface area contributed by atoms with E-state index in [9.17, 15) is 0 Å². The summed E-state index contributed by atoms with van der Waals surface area (Å²) in [6, 6.07) is 8.37. The minimum atomic E-state index is 1.00. The molecule has 1 aromatic carbocycles. The van der Waals surface area contributed by atoms with Crippen LogP contribution in [0, 0.1) is 11.8 Å². The van der Waals surface area contributed by atoms with Crippen LogP contribution in [-0.2, 0) is 0 Å². The lowest BCUT2D eigenvalue weighted by atomic mass is 10.3. The minimum absolute atomic E-state index is 1.00. The van der Waals surface area contributed by atoms with Crippen LogP contribution in [-0.4, -0.2) is 31.1 Å². The molecule has 3 heteroatoms. The maximum absolute atomic E-state index is 3.59. The Labute approximate surface area is 124 Å². The van der Waals surface area contributed by atoms with E-state index in [4.69, 9.17) is 0 Å². The Morgan fingerprint density at radius 2 is 1.68 bits per heavy atom. The molecule has 0 aliphatic heterocycles. The molecule has 19 heavy (non-hydrogen) atoms. The lowest BCUT2D eigenvalue weighted by Crippen LogP contribution is -2.32. The van der Waals surface area contributed by atoms with Crippen molar-refractivity contribution in [3.63, 3.8) is 0 Å². The Bertz CT molecular complexity index is 399. The molecule has 0 atom stereocenters. The summed E-state index contributed by atoms with van der Waals surface area (Å²) in [5, 5.41) is 3.54. The van der Waals surface area contributed by atoms with Gasteiger partial charge in [0.15, 0.2) is 0 Å². The van der Waals surface area contributed by atoms with Gasteiger partial charge in [0.05, 0.1) is 0 Å². The van der Waals surface area contributed by atoms with Gasteiger partial charge in [-0.25, -0.2) is 0 Å². The fraction of sp³-hybridized carbons (Fsp3) is 0.625. The first-order valence-corrected chi connectivity index (χ1v) is 8.31. The third-order valence-corrected chi connectivity index (χ3v) is 4.74. The van der Waals surface area contributed by atoms with Crippen LogP contribution in [0.4, 0.5) is 5.69 Å². The largest absolute Gasteiger partial charge is 0.383 e. The van der Waals surface area contributed by atoms with Crippen molar-refractivity contribution in [1.82, 2.24) is 4.90 Å². The molecule has 0 amide bonds. The van der Waals surface area contributed by atoms with Gasteiger partial charge >= 0.3 is 0 Å². The van der Waals surface area contributed by atoms with E-state index < -0.39 is 0 Å². The second kappa shape index (κ2) is 6.27. The highest BCUT2D eigenvalue weighted by Gasteiger charge is 2.28. The molecule has 0 aromatic heterocycles. The van der Waals surface area contributed by atoms with E-state index in [2.05, 4.69) is 50.4 Å². The van der Waals surface area contributed by atoms with Crippen LogP contribution in [0.5, 0.6) is 0 Å². The molecule has 104 valence electrons. The van der Waals surface area contributed by atoms with Crippen molar-refractivity contribution in [3.8, 4) is 0 Å². The Morgan fingerprint density at radius 3 is 2.26 bits per heavy atom. The summed E-state index contributed by atoms with van der Waals surface area (Å²) >= 11 is 3.59. The van der Waals surface area contributed by atoms with Crippen molar-refractivity contribution in [2.45, 2.75) is 25.7 Å². The first-order chi connectivity index (χ1) is 9.31. The van der Waals surface area contributed by atoms with Crippen molar-refractivity contribution in [2.75, 3.05) is 31.5 Å². The number of hydrogen-bond donors (Lipinski definition) is 1. The average Bonchev–Trinajstić information content (AvgIpc) is 3.27. The molecule has 0 saturated heterocycles. The first-order valence-electron chi connectivity index (χ1n) is 7.52. The molecule has 2 aliphatic carbocycles. The van der Waals surface area contributed by atoms with Gasteiger partial charge in [-0.1, -0.05) is 12.1 Å². The summed E-state index contributed by atoms with van der Waals surface area (Å²) in [7, 11) is 0. The Hall–Kier alpha value is -0.540. The maximum atomic E-state index is 3.59. The highest BCUT2D eigenvalue weighted by Crippen LogP contribution is 2.33. The van der Waals surface area contributed by atoms with Gasteiger partial charge in [0.2, 0.25) is 0 Å². The Morgan fingerprint density at radius 1 is 1.05 bits per heavy atom. The summed E-state index contributed by atoms with van der Waals surface area (Å²) in [5.74, 6) is 2.00. The first kappa shape index (κ1) is 13.4. The Kier molecular flexibility index (Phi) is 4.44. The van der Waals surface area contributed by atoms with Crippen LogP contribution in [0.1, 0.15) is 25.7 Å². The van der Waals surface area contributed by atoms with Crippen molar-refractivity contribution >= 4 is 21.6 Å². The summed E-state index contributed by atoms with van der Waals surface area (Å²) < 4.78 is 1.16. The van der Waals surface area contributed by atoms with Gasteiger partial charge in [0.25, 0.3) is 0 Å². The second-order valence-electron chi connectivity index (χ2n) is 6.05. The monoisotopic (exact) mass is 322 g/mol. The van der Waals surface area contributed by atoms with Crippen LogP contribution >= 0.6 is 15.9 Å². The average molecular weight is 323 g/mol. The van der Waals surface area contributed by atoms with Crippen molar-refractivity contribution < 1.29 is 0 Å². The minimum Gasteiger partial charge on any atom is -0.383 e. The number of nitrogens with zero attached hydrogens (tertiary/aromatic N) is 1. The lowest BCUT2D eigenvalue weighted by molar-refractivity contribution is 0.262. The number of nitrogens with one attached hydrogen (secondary N) is 1. The van der Waals surface area contributed by atoms with Crippen molar-refractivity contribution in [3.05, 3.63) is 28.7 Å². The molecule has 2 fully saturated rings. The van der Waals surface area contributed by atoms with Gasteiger partial charge in [-0.3, -0.25) is 0 Å². The van der Waals surface area contributed by atoms with E-state index in [-0.39, 0.29) is 0 Å². The number of para-hydroxylation sites is 1. The van der Waals surface area contributed by atoms with Crippen molar-refractivity contribution in [2.24, 2.45) is 11.8 Å². The maximum Gasteiger partial charge on any atom is 0.0485 e. The van der Waals surface area contributed by atoms with Crippen LogP contribution < -0.4 is 5.32 Å². The molecule has 2 nitrogen and oxygen atoms in total. The van der Waals surface area contributed by atoms with Crippen LogP contribution in [0.3, 0.4) is 0 Å². The summed E-state index contributed by atoms with van der Waals surface area (Å²) in [6.45, 7) is 4.87. The summed E-state index contributed by atoms with van der Waals surface area (Å²) in [6.07, 6.45) is 5.83. The van der Waals surface area contributed by atoms with Crippen molar-refractivity contribution in [1.29, 1.82) is 0 Å². The van der Waals surface area contributed by atoms with E-state index in [0.717, 1.165) is 22.9 Å². The standard InChI is InChI=1S/C16H23BrN2/c17-15-3-1-2-4-16(15)18-9-10-19(11-13-5-6-13)12-14-7-8-14/h1-4,13-14,18H,5-12H2. The molecule has 3 rings (SSSR count). The normalized spacial score (nSPS) is 18.8. The molecule has 1 aromatic rings. The van der Waals surface area contributed by atoms with E-state index in [1.807, 2.05) is 0 Å². The number of hydrogen-bond acceptors (Lipinski definition) is 2. The van der Waals surface area contributed by atoms with E-state index in [1.165, 1.54) is 51.0 Å². The SMILES string of the molecule is Brc1ccccc1NCCN(CC1CC1)CC1CC1. The van der Waals surface area contributed by atoms with Gasteiger partial charge in [-0.2, -0.15) is 0 Å². The van der Waals surface area contributed by atoms with Gasteiger partial charge in [-0.15, -0.1) is 0 Å². The number of benzene rings is 1. The molecule has 0 bridgehead atoms. The summed E-state index contributed by atoms with van der Waals surface area (Å²) in [5.41, 5.74) is 1.21. The molecule has 2 aliphatic rings. The topological polar surface area (TPSA) is 15.3 Å². The highest BCUT2D eigenvalue weighted by atomic mass is 79.9. The molecule has 0 spiro atoms. The number of halogens is 1. The van der Waals surface area contributed by atoms with Gasteiger partial charge in [-0.05, 0) is 65.6 Å². The summed E-state index contributed by atoms with van der Waals surface area (Å²) in [4.78, 5) is 2.68. The smallest absolute Gasteiger partial charge is 0.0485 e. The third-order valence-electron chi connectivity index (χ3n) is 4.04. The molecule has 2 saturated carbocycles. The molecule has 0 unspecified atom stereocenters. The number of rotatable bonds is 8. The zero-order chi connectivity index (χ0) is 13.1. The van der Waals surface area contributed by atoms with Crippen LogP contribution in [0.25, 0.3) is 0 Å². The van der Waals surface area contributed by atoms with Gasteiger partial charge in [0, 0.05) is 36.3 Å². The fourth-order valence-electron chi connectivity index (χ4n) is 2.54. The quantitative estimate of drug-likeness (QED) is 0.778. The van der Waals surface area contributed by atoms with Gasteiger partial charge in [0.1, 0.15) is 0 Å². The zero-order valence-electron chi connectivity index (χ0n) is 11.4. The molecule has 1 N–H and O–H groups in total.